The minimum Gasteiger partial charge on any atom is -0.497 e. The molecule has 14 rings (SSSR count). The first kappa shape index (κ1) is 113. The first-order valence-corrected chi connectivity index (χ1v) is 53.0. The number of nitrogens with one attached hydrogen (secondary N) is 9. The lowest BCUT2D eigenvalue weighted by atomic mass is 9.81. The second-order valence-electron chi connectivity index (χ2n) is 48.4. The molecule has 17 atom stereocenters. The Morgan fingerprint density at radius 3 is 1.23 bits per heavy atom. The van der Waals surface area contributed by atoms with Gasteiger partial charge in [0.2, 0.25) is 52.8 Å². The normalized spacial score (nSPS) is 24.4. The molecule has 3 aromatic rings. The van der Waals surface area contributed by atoms with E-state index in [-0.39, 0.29) is 112 Å². The van der Waals surface area contributed by atoms with Gasteiger partial charge in [0.25, 0.3) is 17.7 Å². The summed E-state index contributed by atoms with van der Waals surface area (Å²) in [6.45, 7) is 35.4. The summed E-state index contributed by atoms with van der Waals surface area (Å²) in [5.41, 5.74) is 13.3. The average Bonchev–Trinajstić information content (AvgIpc) is 1.53. The Morgan fingerprint density at radius 1 is 0.438 bits per heavy atom. The van der Waals surface area contributed by atoms with Crippen LogP contribution in [0, 0.1) is 97.6 Å². The van der Waals surface area contributed by atoms with Gasteiger partial charge in [-0.3, -0.25) is 57.5 Å². The van der Waals surface area contributed by atoms with Gasteiger partial charge in [-0.15, -0.1) is 0 Å². The molecule has 0 radical (unpaired) electrons. The number of carbonyl (C=O) groups is 18. The monoisotopic (exact) mass is 2050 g/mol. The summed E-state index contributed by atoms with van der Waals surface area (Å²) >= 11 is 1.49. The van der Waals surface area contributed by atoms with Gasteiger partial charge >= 0.3 is 36.0 Å². The zero-order chi connectivity index (χ0) is 107. The Balaban J connectivity index is 0.000000195. The number of nitrogens with zero attached hydrogens (tertiary/aromatic N) is 3. The maximum absolute atomic E-state index is 14.6. The maximum atomic E-state index is 14.6. The summed E-state index contributed by atoms with van der Waals surface area (Å²) in [7, 11) is 1.57. The van der Waals surface area contributed by atoms with Crippen LogP contribution in [-0.4, -0.2) is 219 Å². The van der Waals surface area contributed by atoms with E-state index in [0.29, 0.717) is 63.9 Å². The molecule has 3 aliphatic heterocycles. The number of nitrogens with two attached hydrogens (primary N) is 3. The Morgan fingerprint density at radius 2 is 0.842 bits per heavy atom. The number of ether oxygens (including phenoxy) is 4. The molecular weight excluding hydrogens is 1890 g/mol. The van der Waals surface area contributed by atoms with Gasteiger partial charge in [-0.1, -0.05) is 237 Å². The van der Waals surface area contributed by atoms with Crippen LogP contribution in [0.4, 0.5) is 14.4 Å². The lowest BCUT2D eigenvalue weighted by molar-refractivity contribution is -0.154. The highest BCUT2D eigenvalue weighted by Crippen LogP contribution is 2.67. The van der Waals surface area contributed by atoms with E-state index in [0.717, 1.165) is 107 Å². The summed E-state index contributed by atoms with van der Waals surface area (Å²) in [6.07, 6.45) is 14.2. The van der Waals surface area contributed by atoms with Crippen molar-refractivity contribution in [1.82, 2.24) is 62.6 Å². The summed E-state index contributed by atoms with van der Waals surface area (Å²) in [6, 6.07) is 6.47. The first-order chi connectivity index (χ1) is 68.3. The fourth-order valence-corrected chi connectivity index (χ4v) is 23.2. The third kappa shape index (κ3) is 27.5. The standard InChI is InChI=1S/C37H53N5O8.C37H53N5O7.C34H51N5O7S/c1-35(2,3)29(40-34(48)41-37(16-8-7-9-17-37)33(47)50-20-22-12-14-23(49-6)15-13-22)32(46)42-19-24-26(36(24,4)5)27(42)31(45)39-25(18-21-10-11-21)28(43)30(38)44;1-21(2)37(5,34(47)49-20-23-12-8-6-9-13-23)41-35(48)40-28(24-14-10-7-11-15-24)33(46)42-19-25-27(36(25,3)4)29(42)32(45)39-26(18-22-16-17-22)30(43)31(38)44;1-32(2,3)14-22(30(44)46-16-19-11-12-47-17-19)37-31(45)38-26(33(4,5)6)29(43)39-15-20-23(34(20,7)8)24(39)28(42)36-21(13-18-9-10-18)25(40)27(35)41/h12-15,21,24-27,29H,7-11,16-20H2,1-6H3,(H2,38,44)(H,39,45)(H2,40,41,48);6,8-9,12-13,21-22,24-29H,7,10-11,14-20H2,1-5H3,(H2,38,44)(H,39,45)(H2,40,41,48);11-12,17-18,20-24,26H,9-10,13-16H2,1-8H3,(H2,35,41)(H,36,42)(H2,37,38,45)/t24-,25?,26-,27-,29+;25-,26?,27-,28-,29-,37-;20-,21?,22-,23-,24-,26+/m000/s1. The van der Waals surface area contributed by atoms with Crippen LogP contribution in [0.3, 0.4) is 0 Å². The van der Waals surface area contributed by atoms with Gasteiger partial charge in [0.05, 0.1) is 25.2 Å². The quantitative estimate of drug-likeness (QED) is 0.0143. The molecular formula is C108H157N15O22S. The predicted molar refractivity (Wildman–Crippen MR) is 541 cm³/mol. The number of piperidine rings is 3. The molecule has 0 bridgehead atoms. The van der Waals surface area contributed by atoms with Gasteiger partial charge in [0.15, 0.2) is 0 Å². The van der Waals surface area contributed by atoms with E-state index in [4.69, 9.17) is 36.1 Å². The Hall–Kier alpha value is -11.6. The summed E-state index contributed by atoms with van der Waals surface area (Å²) in [4.78, 5) is 244. The largest absolute Gasteiger partial charge is 0.497 e. The number of likely N-dealkylation sites (tertiary alicyclic amines) is 3. The highest BCUT2D eigenvalue weighted by molar-refractivity contribution is 7.08. The molecule has 3 unspecified atom stereocenters. The molecule has 15 amide bonds. The van der Waals surface area contributed by atoms with Crippen LogP contribution in [0.2, 0.25) is 0 Å². The molecule has 4 heterocycles. The van der Waals surface area contributed by atoms with Gasteiger partial charge in [0, 0.05) is 25.2 Å². The number of carbonyl (C=O) groups excluding carboxylic acids is 18. The molecule has 11 aliphatic rings. The number of methoxy groups -OCH3 is 1. The number of Topliss-reactive ketones (excluding diaryl/α,β-unsaturated/α-hetero) is 3. The number of amides is 15. The van der Waals surface area contributed by atoms with Crippen molar-refractivity contribution in [3.63, 3.8) is 0 Å². The van der Waals surface area contributed by atoms with Gasteiger partial charge in [-0.2, -0.15) is 11.3 Å². The molecule has 0 spiro atoms. The van der Waals surface area contributed by atoms with Gasteiger partial charge in [-0.05, 0) is 196 Å². The second kappa shape index (κ2) is 45.6. The number of primary amides is 3. The summed E-state index contributed by atoms with van der Waals surface area (Å²) in [5.74, 6) is -9.64. The fourth-order valence-electron chi connectivity index (χ4n) is 22.6. The maximum Gasteiger partial charge on any atom is 0.332 e. The molecule has 802 valence electrons. The smallest absolute Gasteiger partial charge is 0.332 e. The van der Waals surface area contributed by atoms with Crippen molar-refractivity contribution in [2.75, 3.05) is 26.7 Å². The van der Waals surface area contributed by atoms with E-state index >= 15 is 0 Å². The number of esters is 3. The van der Waals surface area contributed by atoms with Crippen molar-refractivity contribution >= 4 is 118 Å². The highest BCUT2D eigenvalue weighted by Gasteiger charge is 2.73. The number of thiophene rings is 1. The number of benzene rings is 2. The van der Waals surface area contributed by atoms with Crippen molar-refractivity contribution in [2.45, 2.75) is 344 Å². The lowest BCUT2D eigenvalue weighted by Crippen LogP contribution is -2.64. The van der Waals surface area contributed by atoms with Crippen LogP contribution in [-0.2, 0) is 106 Å². The minimum atomic E-state index is -1.38. The molecule has 15 N–H and O–H groups in total. The molecule has 8 aliphatic carbocycles. The number of hydrogen-bond acceptors (Lipinski definition) is 23. The Bertz CT molecular complexity index is 5330. The molecule has 146 heavy (non-hydrogen) atoms. The van der Waals surface area contributed by atoms with Crippen LogP contribution in [0.25, 0.3) is 0 Å². The zero-order valence-corrected chi connectivity index (χ0v) is 89.2. The van der Waals surface area contributed by atoms with Gasteiger partial charge in [-0.25, -0.2) is 28.8 Å². The molecule has 1 aromatic heterocycles. The average molecular weight is 2050 g/mol. The topological polar surface area (TPSA) is 540 Å². The van der Waals surface area contributed by atoms with Crippen LogP contribution in [0.1, 0.15) is 270 Å². The molecule has 38 heteroatoms. The van der Waals surface area contributed by atoms with E-state index in [2.05, 4.69) is 61.7 Å². The Kier molecular flexibility index (Phi) is 35.4. The summed E-state index contributed by atoms with van der Waals surface area (Å²) in [5, 5.41) is 29.1. The molecule has 37 nitrogen and oxygen atoms in total. The van der Waals surface area contributed by atoms with E-state index in [1.54, 1.807) is 43.2 Å². The van der Waals surface area contributed by atoms with Crippen molar-refractivity contribution < 1.29 is 105 Å². The second-order valence-corrected chi connectivity index (χ2v) is 49.2. The third-order valence-corrected chi connectivity index (χ3v) is 33.4. The number of urea groups is 3. The molecule has 8 saturated carbocycles. The molecule has 11 fully saturated rings. The SMILES string of the molecule is CC(C)(C)C[C@H](NC(=O)N[C@H](C(=O)N1C[C@H]2[C@@H]([C@H]1C(=O)NC(CC1CC1)C(=O)C(N)=O)C2(C)C)C(C)(C)C)C(=O)OCc1ccsc1.CC(C)[C@](C)(NC(=O)N[C@H](C(=O)N1C[C@H]2[C@@H]([C@H]1C(=O)NC(CC1CC1)C(=O)C(N)=O)C2(C)C)C1CCCCC1)C(=O)OCc1ccccc1.COc1ccc(COC(=O)C2(NC(=O)N[C@H](C(=O)N3C[C@H]4[C@@H]([C@H]3C(=O)NC(CC3CC3)C(=O)C(N)=O)C4(C)C)C(C)(C)C)CCCCC2)cc1. The van der Waals surface area contributed by atoms with Crippen LogP contribution < -0.4 is 69.8 Å². The fraction of sp³-hybridized carbons (Fsp3) is 0.685. The zero-order valence-electron chi connectivity index (χ0n) is 88.4. The van der Waals surface area contributed by atoms with Crippen molar-refractivity contribution in [3.8, 4) is 5.75 Å². The molecule has 3 saturated heterocycles. The number of ketones is 3. The van der Waals surface area contributed by atoms with Crippen LogP contribution >= 0.6 is 11.3 Å². The van der Waals surface area contributed by atoms with Gasteiger partial charge in [0.1, 0.15) is 78.9 Å². The highest BCUT2D eigenvalue weighted by atomic mass is 32.1. The van der Waals surface area contributed by atoms with Crippen molar-refractivity contribution in [1.29, 1.82) is 0 Å². The van der Waals surface area contributed by atoms with E-state index in [1.165, 1.54) is 21.1 Å². The van der Waals surface area contributed by atoms with Crippen LogP contribution in [0.5, 0.6) is 5.75 Å². The molecule has 2 aromatic carbocycles. The summed E-state index contributed by atoms with van der Waals surface area (Å²) < 4.78 is 22.1. The number of hydrogen-bond donors (Lipinski definition) is 12. The predicted octanol–water partition coefficient (Wildman–Crippen LogP) is 9.32. The first-order valence-electron chi connectivity index (χ1n) is 52.1. The van der Waals surface area contributed by atoms with E-state index < -0.39 is 183 Å². The van der Waals surface area contributed by atoms with Crippen LogP contribution in [0.15, 0.2) is 71.4 Å². The van der Waals surface area contributed by atoms with Gasteiger partial charge < -0.3 is 98.7 Å². The van der Waals surface area contributed by atoms with E-state index in [9.17, 15) is 86.3 Å². The van der Waals surface area contributed by atoms with E-state index in [1.807, 2.05) is 151 Å². The minimum absolute atomic E-state index is 0.0284. The Labute approximate surface area is 860 Å². The number of fused-ring (bicyclic) bond motifs is 3. The third-order valence-electron chi connectivity index (χ3n) is 32.7. The lowest BCUT2D eigenvalue weighted by Gasteiger charge is -2.39. The van der Waals surface area contributed by atoms with Crippen molar-refractivity contribution in [2.24, 2.45) is 115 Å². The number of rotatable bonds is 40. The van der Waals surface area contributed by atoms with Crippen molar-refractivity contribution in [3.05, 3.63) is 88.1 Å².